The van der Waals surface area contributed by atoms with Crippen LogP contribution >= 0.6 is 27.3 Å². The molecule has 1 heterocycles. The standard InChI is InChI=1S/C11H14BrNOS/c1-3-4-8(2)11(14)13-7-9-5-6-10(12)15-9/h4-6H,3,7H2,1-2H3,(H,13,14)/b8-4+. The summed E-state index contributed by atoms with van der Waals surface area (Å²) in [5.74, 6) is 0.0152. The fraction of sp³-hybridized carbons (Fsp3) is 0.364. The smallest absolute Gasteiger partial charge is 0.246 e. The van der Waals surface area contributed by atoms with Crippen LogP contribution in [0.3, 0.4) is 0 Å². The number of nitrogens with one attached hydrogen (secondary N) is 1. The van der Waals surface area contributed by atoms with Gasteiger partial charge in [0.25, 0.3) is 0 Å². The Morgan fingerprint density at radius 2 is 2.33 bits per heavy atom. The van der Waals surface area contributed by atoms with Gasteiger partial charge >= 0.3 is 0 Å². The zero-order chi connectivity index (χ0) is 11.3. The highest BCUT2D eigenvalue weighted by Crippen LogP contribution is 2.21. The van der Waals surface area contributed by atoms with E-state index in [0.717, 1.165) is 20.7 Å². The Morgan fingerprint density at radius 3 is 2.87 bits per heavy atom. The lowest BCUT2D eigenvalue weighted by molar-refractivity contribution is -0.117. The van der Waals surface area contributed by atoms with Gasteiger partial charge < -0.3 is 5.32 Å². The van der Waals surface area contributed by atoms with E-state index < -0.39 is 0 Å². The fourth-order valence-corrected chi connectivity index (χ4v) is 2.58. The van der Waals surface area contributed by atoms with E-state index in [-0.39, 0.29) is 5.91 Å². The highest BCUT2D eigenvalue weighted by atomic mass is 79.9. The Labute approximate surface area is 103 Å². The van der Waals surface area contributed by atoms with E-state index in [2.05, 4.69) is 21.2 Å². The number of allylic oxidation sites excluding steroid dienone is 1. The van der Waals surface area contributed by atoms with Crippen molar-refractivity contribution in [3.63, 3.8) is 0 Å². The average Bonchev–Trinajstić information content (AvgIpc) is 2.61. The van der Waals surface area contributed by atoms with Crippen molar-refractivity contribution in [3.8, 4) is 0 Å². The van der Waals surface area contributed by atoms with Gasteiger partial charge in [-0.3, -0.25) is 4.79 Å². The zero-order valence-corrected chi connectivity index (χ0v) is 11.2. The molecule has 0 unspecified atom stereocenters. The summed E-state index contributed by atoms with van der Waals surface area (Å²) in [7, 11) is 0. The van der Waals surface area contributed by atoms with Crippen LogP contribution in [-0.2, 0) is 11.3 Å². The predicted octanol–water partition coefficient (Wildman–Crippen LogP) is 3.48. The molecule has 1 amide bonds. The monoisotopic (exact) mass is 287 g/mol. The minimum atomic E-state index is 0.0152. The van der Waals surface area contributed by atoms with Gasteiger partial charge in [-0.1, -0.05) is 13.0 Å². The topological polar surface area (TPSA) is 29.1 Å². The maximum atomic E-state index is 11.5. The molecule has 0 saturated carbocycles. The molecular weight excluding hydrogens is 274 g/mol. The summed E-state index contributed by atoms with van der Waals surface area (Å²) in [5, 5.41) is 2.88. The number of carbonyl (C=O) groups is 1. The summed E-state index contributed by atoms with van der Waals surface area (Å²) >= 11 is 5.02. The van der Waals surface area contributed by atoms with E-state index >= 15 is 0 Å². The van der Waals surface area contributed by atoms with Gasteiger partial charge in [0.15, 0.2) is 0 Å². The molecule has 0 aliphatic rings. The van der Waals surface area contributed by atoms with Gasteiger partial charge in [-0.25, -0.2) is 0 Å². The van der Waals surface area contributed by atoms with Crippen LogP contribution in [0, 0.1) is 0 Å². The molecule has 1 N–H and O–H groups in total. The van der Waals surface area contributed by atoms with Gasteiger partial charge in [-0.05, 0) is 41.4 Å². The SMILES string of the molecule is CC/C=C(\C)C(=O)NCc1ccc(Br)s1. The average molecular weight is 288 g/mol. The number of hydrogen-bond acceptors (Lipinski definition) is 2. The van der Waals surface area contributed by atoms with Crippen molar-refractivity contribution in [2.24, 2.45) is 0 Å². The number of halogens is 1. The third-order valence-corrected chi connectivity index (χ3v) is 3.54. The molecule has 0 fully saturated rings. The highest BCUT2D eigenvalue weighted by Gasteiger charge is 2.03. The Bertz CT molecular complexity index is 370. The van der Waals surface area contributed by atoms with Crippen molar-refractivity contribution < 1.29 is 4.79 Å². The maximum Gasteiger partial charge on any atom is 0.246 e. The van der Waals surface area contributed by atoms with Gasteiger partial charge in [0.1, 0.15) is 0 Å². The number of carbonyl (C=O) groups excluding carboxylic acids is 1. The van der Waals surface area contributed by atoms with Crippen molar-refractivity contribution >= 4 is 33.2 Å². The molecule has 0 atom stereocenters. The molecule has 0 radical (unpaired) electrons. The first-order valence-electron chi connectivity index (χ1n) is 4.82. The summed E-state index contributed by atoms with van der Waals surface area (Å²) in [4.78, 5) is 12.7. The second-order valence-corrected chi connectivity index (χ2v) is 5.73. The van der Waals surface area contributed by atoms with Crippen LogP contribution in [0.4, 0.5) is 0 Å². The minimum absolute atomic E-state index is 0.0152. The third kappa shape index (κ3) is 4.18. The summed E-state index contributed by atoms with van der Waals surface area (Å²) in [6.45, 7) is 4.46. The molecule has 0 saturated heterocycles. The van der Waals surface area contributed by atoms with E-state index in [4.69, 9.17) is 0 Å². The maximum absolute atomic E-state index is 11.5. The van der Waals surface area contributed by atoms with Crippen molar-refractivity contribution in [2.75, 3.05) is 0 Å². The molecule has 0 aliphatic carbocycles. The molecule has 4 heteroatoms. The molecule has 2 nitrogen and oxygen atoms in total. The molecule has 0 spiro atoms. The van der Waals surface area contributed by atoms with Crippen LogP contribution in [-0.4, -0.2) is 5.91 Å². The molecule has 0 bridgehead atoms. The predicted molar refractivity (Wildman–Crippen MR) is 67.9 cm³/mol. The lowest BCUT2D eigenvalue weighted by Gasteiger charge is -2.03. The molecule has 15 heavy (non-hydrogen) atoms. The Kier molecular flexibility index (Phi) is 5.05. The van der Waals surface area contributed by atoms with Crippen LogP contribution < -0.4 is 5.32 Å². The van der Waals surface area contributed by atoms with Gasteiger partial charge in [-0.15, -0.1) is 11.3 Å². The van der Waals surface area contributed by atoms with Gasteiger partial charge in [-0.2, -0.15) is 0 Å². The first-order chi connectivity index (χ1) is 7.13. The van der Waals surface area contributed by atoms with E-state index in [1.807, 2.05) is 32.1 Å². The lowest BCUT2D eigenvalue weighted by atomic mass is 10.2. The highest BCUT2D eigenvalue weighted by molar-refractivity contribution is 9.11. The molecule has 1 aromatic heterocycles. The normalized spacial score (nSPS) is 11.5. The van der Waals surface area contributed by atoms with Crippen molar-refractivity contribution in [2.45, 2.75) is 26.8 Å². The molecule has 1 rings (SSSR count). The molecule has 0 aliphatic heterocycles. The summed E-state index contributed by atoms with van der Waals surface area (Å²) in [5.41, 5.74) is 0.785. The summed E-state index contributed by atoms with van der Waals surface area (Å²) in [6.07, 6.45) is 2.82. The summed E-state index contributed by atoms with van der Waals surface area (Å²) < 4.78 is 1.09. The van der Waals surface area contributed by atoms with E-state index in [9.17, 15) is 4.79 Å². The van der Waals surface area contributed by atoms with Crippen LogP contribution in [0.2, 0.25) is 0 Å². The molecular formula is C11H14BrNOS. The van der Waals surface area contributed by atoms with E-state index in [1.165, 1.54) is 0 Å². The summed E-state index contributed by atoms with van der Waals surface area (Å²) in [6, 6.07) is 3.99. The van der Waals surface area contributed by atoms with Crippen LogP contribution in [0.1, 0.15) is 25.1 Å². The number of rotatable bonds is 4. The Balaban J connectivity index is 2.44. The Morgan fingerprint density at radius 1 is 1.60 bits per heavy atom. The molecule has 1 aromatic rings. The lowest BCUT2D eigenvalue weighted by Crippen LogP contribution is -2.22. The van der Waals surface area contributed by atoms with Gasteiger partial charge in [0.2, 0.25) is 5.91 Å². The molecule has 82 valence electrons. The quantitative estimate of drug-likeness (QED) is 0.844. The first-order valence-corrected chi connectivity index (χ1v) is 6.43. The number of amides is 1. The first kappa shape index (κ1) is 12.5. The van der Waals surface area contributed by atoms with E-state index in [1.54, 1.807) is 11.3 Å². The second kappa shape index (κ2) is 6.08. The van der Waals surface area contributed by atoms with Crippen molar-refractivity contribution in [1.29, 1.82) is 0 Å². The van der Waals surface area contributed by atoms with Crippen LogP contribution in [0.15, 0.2) is 27.6 Å². The third-order valence-electron chi connectivity index (χ3n) is 1.92. The van der Waals surface area contributed by atoms with Gasteiger partial charge in [0.05, 0.1) is 10.3 Å². The van der Waals surface area contributed by atoms with Gasteiger partial charge in [0, 0.05) is 10.5 Å². The van der Waals surface area contributed by atoms with Crippen LogP contribution in [0.5, 0.6) is 0 Å². The number of thiophene rings is 1. The Hall–Kier alpha value is -0.610. The molecule has 0 aromatic carbocycles. The minimum Gasteiger partial charge on any atom is -0.347 e. The van der Waals surface area contributed by atoms with E-state index in [0.29, 0.717) is 6.54 Å². The second-order valence-electron chi connectivity index (χ2n) is 3.18. The zero-order valence-electron chi connectivity index (χ0n) is 8.84. The number of hydrogen-bond donors (Lipinski definition) is 1. The van der Waals surface area contributed by atoms with Crippen LogP contribution in [0.25, 0.3) is 0 Å². The largest absolute Gasteiger partial charge is 0.347 e. The van der Waals surface area contributed by atoms with Crippen molar-refractivity contribution in [1.82, 2.24) is 5.32 Å². The fourth-order valence-electron chi connectivity index (χ4n) is 1.15. The van der Waals surface area contributed by atoms with Crippen molar-refractivity contribution in [3.05, 3.63) is 32.4 Å².